The number of carbonyl (C=O) groups excluding carboxylic acids is 1. The van der Waals surface area contributed by atoms with Crippen LogP contribution in [0, 0.1) is 0 Å². The van der Waals surface area contributed by atoms with Crippen molar-refractivity contribution < 1.29 is 17.9 Å². The van der Waals surface area contributed by atoms with Gasteiger partial charge < -0.3 is 9.64 Å². The number of ether oxygens (including phenoxy) is 1. The zero-order valence-corrected chi connectivity index (χ0v) is 17.5. The van der Waals surface area contributed by atoms with Crippen LogP contribution in [0.25, 0.3) is 0 Å². The largest absolute Gasteiger partial charge is 0.378 e. The highest BCUT2D eigenvalue weighted by Gasteiger charge is 2.24. The molecule has 0 saturated carbocycles. The van der Waals surface area contributed by atoms with E-state index in [-0.39, 0.29) is 23.9 Å². The fraction of sp³-hybridized carbons (Fsp3) is 0.286. The number of amides is 1. The molecular formula is C21H23ClN2O4S. The number of halogens is 1. The van der Waals surface area contributed by atoms with Crippen LogP contribution in [-0.4, -0.2) is 56.4 Å². The number of morpholine rings is 1. The Balaban J connectivity index is 1.76. The number of rotatable bonds is 7. The van der Waals surface area contributed by atoms with Gasteiger partial charge in [0, 0.05) is 36.8 Å². The smallest absolute Gasteiger partial charge is 0.254 e. The highest BCUT2D eigenvalue weighted by atomic mass is 35.5. The van der Waals surface area contributed by atoms with Gasteiger partial charge in [-0.3, -0.25) is 4.79 Å². The van der Waals surface area contributed by atoms with E-state index in [1.54, 1.807) is 47.4 Å². The number of carbonyl (C=O) groups is 1. The van der Waals surface area contributed by atoms with Gasteiger partial charge in [0.05, 0.1) is 18.1 Å². The molecule has 29 heavy (non-hydrogen) atoms. The molecular weight excluding hydrogens is 412 g/mol. The van der Waals surface area contributed by atoms with Gasteiger partial charge in [-0.2, -0.15) is 4.31 Å². The summed E-state index contributed by atoms with van der Waals surface area (Å²) in [4.78, 5) is 14.5. The molecule has 3 rings (SSSR count). The molecule has 1 aliphatic rings. The molecule has 0 N–H and O–H groups in total. The van der Waals surface area contributed by atoms with Crippen molar-refractivity contribution in [2.45, 2.75) is 11.4 Å². The van der Waals surface area contributed by atoms with Crippen LogP contribution in [0.1, 0.15) is 15.9 Å². The molecule has 1 aliphatic heterocycles. The van der Waals surface area contributed by atoms with Crippen molar-refractivity contribution in [3.05, 3.63) is 77.3 Å². The van der Waals surface area contributed by atoms with Crippen molar-refractivity contribution in [2.24, 2.45) is 0 Å². The lowest BCUT2D eigenvalue weighted by molar-refractivity contribution is 0.0303. The average molecular weight is 435 g/mol. The molecule has 6 nitrogen and oxygen atoms in total. The molecule has 0 spiro atoms. The molecule has 0 bridgehead atoms. The van der Waals surface area contributed by atoms with Crippen molar-refractivity contribution >= 4 is 27.5 Å². The molecule has 1 amide bonds. The van der Waals surface area contributed by atoms with Crippen LogP contribution in [0.2, 0.25) is 5.02 Å². The number of hydrogen-bond acceptors (Lipinski definition) is 4. The second-order valence-corrected chi connectivity index (χ2v) is 9.02. The predicted octanol–water partition coefficient (Wildman–Crippen LogP) is 3.19. The minimum atomic E-state index is -3.71. The summed E-state index contributed by atoms with van der Waals surface area (Å²) in [5.74, 6) is -0.0448. The standard InChI is InChI=1S/C21H23ClN2O4S/c1-2-11-24(29(26,27)20-9-7-19(22)8-10-20)16-17-3-5-18(6-4-17)21(25)23-12-14-28-15-13-23/h2-10H,1,11-16H2. The average Bonchev–Trinajstić information content (AvgIpc) is 2.74. The molecule has 1 heterocycles. The van der Waals surface area contributed by atoms with Crippen LogP contribution in [-0.2, 0) is 21.3 Å². The van der Waals surface area contributed by atoms with E-state index >= 15 is 0 Å². The van der Waals surface area contributed by atoms with Crippen LogP contribution in [0.4, 0.5) is 0 Å². The Labute approximate surface area is 176 Å². The zero-order chi connectivity index (χ0) is 20.9. The summed E-state index contributed by atoms with van der Waals surface area (Å²) in [5.41, 5.74) is 1.36. The summed E-state index contributed by atoms with van der Waals surface area (Å²) in [5, 5.41) is 0.472. The summed E-state index contributed by atoms with van der Waals surface area (Å²) in [6.45, 7) is 6.24. The monoisotopic (exact) mass is 434 g/mol. The van der Waals surface area contributed by atoms with E-state index in [4.69, 9.17) is 16.3 Å². The Kier molecular flexibility index (Phi) is 7.08. The third kappa shape index (κ3) is 5.25. The Morgan fingerprint density at radius 3 is 2.31 bits per heavy atom. The third-order valence-corrected chi connectivity index (χ3v) is 6.72. The van der Waals surface area contributed by atoms with E-state index in [0.717, 1.165) is 5.56 Å². The first kappa shape index (κ1) is 21.5. The van der Waals surface area contributed by atoms with Crippen molar-refractivity contribution in [2.75, 3.05) is 32.8 Å². The molecule has 8 heteroatoms. The van der Waals surface area contributed by atoms with Crippen molar-refractivity contribution in [3.63, 3.8) is 0 Å². The van der Waals surface area contributed by atoms with Crippen LogP contribution >= 0.6 is 11.6 Å². The van der Waals surface area contributed by atoms with E-state index in [1.807, 2.05) is 0 Å². The summed E-state index contributed by atoms with van der Waals surface area (Å²) >= 11 is 5.87. The number of sulfonamides is 1. The Bertz CT molecular complexity index is 953. The topological polar surface area (TPSA) is 66.9 Å². The number of benzene rings is 2. The van der Waals surface area contributed by atoms with Crippen molar-refractivity contribution in [1.82, 2.24) is 9.21 Å². The normalized spacial score (nSPS) is 14.8. The van der Waals surface area contributed by atoms with Gasteiger partial charge in [-0.05, 0) is 42.0 Å². The molecule has 0 atom stereocenters. The highest BCUT2D eigenvalue weighted by molar-refractivity contribution is 7.89. The maximum Gasteiger partial charge on any atom is 0.254 e. The first-order valence-corrected chi connectivity index (χ1v) is 11.1. The van der Waals surface area contributed by atoms with Gasteiger partial charge in [-0.25, -0.2) is 8.42 Å². The molecule has 0 unspecified atom stereocenters. The molecule has 1 fully saturated rings. The van der Waals surface area contributed by atoms with Crippen LogP contribution in [0.5, 0.6) is 0 Å². The summed E-state index contributed by atoms with van der Waals surface area (Å²) < 4.78 is 32.6. The quantitative estimate of drug-likeness (QED) is 0.628. The first-order chi connectivity index (χ1) is 13.9. The maximum atomic E-state index is 13.0. The minimum absolute atomic E-state index is 0.0448. The van der Waals surface area contributed by atoms with Crippen LogP contribution < -0.4 is 0 Å². The Morgan fingerprint density at radius 2 is 1.72 bits per heavy atom. The SMILES string of the molecule is C=CCN(Cc1ccc(C(=O)N2CCOCC2)cc1)S(=O)(=O)c1ccc(Cl)cc1. The van der Waals surface area contributed by atoms with E-state index in [1.165, 1.54) is 16.4 Å². The molecule has 1 saturated heterocycles. The fourth-order valence-corrected chi connectivity index (χ4v) is 4.58. The molecule has 0 aromatic heterocycles. The van der Waals surface area contributed by atoms with Gasteiger partial charge in [-0.1, -0.05) is 29.8 Å². The van der Waals surface area contributed by atoms with E-state index in [2.05, 4.69) is 6.58 Å². The maximum absolute atomic E-state index is 13.0. The Morgan fingerprint density at radius 1 is 1.10 bits per heavy atom. The lowest BCUT2D eigenvalue weighted by Gasteiger charge is -2.27. The first-order valence-electron chi connectivity index (χ1n) is 9.24. The number of hydrogen-bond donors (Lipinski definition) is 0. The second kappa shape index (κ2) is 9.54. The summed E-state index contributed by atoms with van der Waals surface area (Å²) in [6, 6.07) is 13.1. The predicted molar refractivity (Wildman–Crippen MR) is 112 cm³/mol. The lowest BCUT2D eigenvalue weighted by Crippen LogP contribution is -2.40. The third-order valence-electron chi connectivity index (χ3n) is 4.64. The van der Waals surface area contributed by atoms with Gasteiger partial charge in [0.25, 0.3) is 5.91 Å². The van der Waals surface area contributed by atoms with E-state index in [0.29, 0.717) is 36.9 Å². The molecule has 0 aliphatic carbocycles. The highest BCUT2D eigenvalue weighted by Crippen LogP contribution is 2.21. The molecule has 2 aromatic carbocycles. The van der Waals surface area contributed by atoms with Gasteiger partial charge in [0.2, 0.25) is 10.0 Å². The number of nitrogens with zero attached hydrogens (tertiary/aromatic N) is 2. The van der Waals surface area contributed by atoms with Gasteiger partial charge in [-0.15, -0.1) is 6.58 Å². The Hall–Kier alpha value is -2.19. The molecule has 154 valence electrons. The van der Waals surface area contributed by atoms with Crippen LogP contribution in [0.3, 0.4) is 0 Å². The lowest BCUT2D eigenvalue weighted by atomic mass is 10.1. The summed E-state index contributed by atoms with van der Waals surface area (Å²) in [7, 11) is -3.71. The van der Waals surface area contributed by atoms with Crippen molar-refractivity contribution in [1.29, 1.82) is 0 Å². The van der Waals surface area contributed by atoms with Crippen molar-refractivity contribution in [3.8, 4) is 0 Å². The van der Waals surface area contributed by atoms with E-state index in [9.17, 15) is 13.2 Å². The zero-order valence-electron chi connectivity index (χ0n) is 16.0. The molecule has 2 aromatic rings. The molecule has 0 radical (unpaired) electrons. The second-order valence-electron chi connectivity index (χ2n) is 6.64. The van der Waals surface area contributed by atoms with E-state index < -0.39 is 10.0 Å². The van der Waals surface area contributed by atoms with Gasteiger partial charge in [0.15, 0.2) is 0 Å². The fourth-order valence-electron chi connectivity index (χ4n) is 3.05. The minimum Gasteiger partial charge on any atom is -0.378 e. The van der Waals surface area contributed by atoms with Crippen LogP contribution in [0.15, 0.2) is 66.1 Å². The van der Waals surface area contributed by atoms with Gasteiger partial charge in [0.1, 0.15) is 0 Å². The summed E-state index contributed by atoms with van der Waals surface area (Å²) in [6.07, 6.45) is 1.55. The van der Waals surface area contributed by atoms with Gasteiger partial charge >= 0.3 is 0 Å².